The van der Waals surface area contributed by atoms with E-state index >= 15 is 0 Å². The number of carboxylic acids is 1. The number of nitrogen functional groups attached to an aromatic ring is 1. The Morgan fingerprint density at radius 1 is 1.29 bits per heavy atom. The normalized spacial score (nSPS) is 14.0. The lowest BCUT2D eigenvalue weighted by Gasteiger charge is -2.22. The van der Waals surface area contributed by atoms with Crippen LogP contribution in [-0.2, 0) is 11.0 Å². The van der Waals surface area contributed by atoms with E-state index in [1.807, 2.05) is 20.8 Å². The molecule has 0 saturated heterocycles. The molecule has 3 nitrogen and oxygen atoms in total. The topological polar surface area (TPSA) is 63.3 Å². The molecule has 1 atom stereocenters. The second-order valence-corrected chi connectivity index (χ2v) is 6.33. The zero-order chi connectivity index (χ0) is 16.4. The largest absolute Gasteiger partial charge is 0.481 e. The maximum atomic E-state index is 12.8. The number of hydrogen-bond acceptors (Lipinski definition) is 2. The van der Waals surface area contributed by atoms with Crippen LogP contribution in [-0.4, -0.2) is 11.1 Å². The molecule has 0 heterocycles. The van der Waals surface area contributed by atoms with Crippen molar-refractivity contribution in [3.8, 4) is 0 Å². The van der Waals surface area contributed by atoms with Crippen molar-refractivity contribution in [2.24, 2.45) is 5.41 Å². The first-order valence-electron chi connectivity index (χ1n) is 6.61. The van der Waals surface area contributed by atoms with E-state index in [4.69, 9.17) is 5.73 Å². The number of alkyl halides is 3. The third kappa shape index (κ3) is 4.95. The lowest BCUT2D eigenvalue weighted by atomic mass is 9.83. The first kappa shape index (κ1) is 17.3. The van der Waals surface area contributed by atoms with Gasteiger partial charge < -0.3 is 10.8 Å². The van der Waals surface area contributed by atoms with Gasteiger partial charge in [0.2, 0.25) is 0 Å². The van der Waals surface area contributed by atoms with E-state index in [0.717, 1.165) is 18.2 Å². The van der Waals surface area contributed by atoms with Crippen molar-refractivity contribution in [2.45, 2.75) is 45.7 Å². The summed E-state index contributed by atoms with van der Waals surface area (Å²) in [6.45, 7) is 5.84. The highest BCUT2D eigenvalue weighted by atomic mass is 19.4. The summed E-state index contributed by atoms with van der Waals surface area (Å²) in [5.74, 6) is -2.20. The summed E-state index contributed by atoms with van der Waals surface area (Å²) in [5.41, 5.74) is 4.79. The van der Waals surface area contributed by atoms with Crippen LogP contribution >= 0.6 is 0 Å². The second kappa shape index (κ2) is 5.95. The van der Waals surface area contributed by atoms with Gasteiger partial charge in [-0.15, -0.1) is 0 Å². The first-order valence-corrected chi connectivity index (χ1v) is 6.61. The number of carboxylic acid groups (broad SMARTS) is 1. The van der Waals surface area contributed by atoms with Gasteiger partial charge in [0.05, 0.1) is 11.5 Å². The molecular formula is C15H20F3NO2. The van der Waals surface area contributed by atoms with Gasteiger partial charge in [0, 0.05) is 5.69 Å². The molecule has 0 bridgehead atoms. The summed E-state index contributed by atoms with van der Waals surface area (Å²) in [6, 6.07) is 2.82. The van der Waals surface area contributed by atoms with Crippen molar-refractivity contribution in [1.29, 1.82) is 0 Å². The van der Waals surface area contributed by atoms with Crippen LogP contribution in [0.1, 0.15) is 50.7 Å². The van der Waals surface area contributed by atoms with E-state index in [-0.39, 0.29) is 23.1 Å². The molecule has 1 aromatic rings. The predicted molar refractivity (Wildman–Crippen MR) is 74.9 cm³/mol. The summed E-state index contributed by atoms with van der Waals surface area (Å²) in [4.78, 5) is 11.4. The first-order chi connectivity index (χ1) is 9.42. The van der Waals surface area contributed by atoms with E-state index in [1.165, 1.54) is 0 Å². The molecule has 3 N–H and O–H groups in total. The molecule has 0 fully saturated rings. The number of benzene rings is 1. The Morgan fingerprint density at radius 3 is 2.29 bits per heavy atom. The molecule has 118 valence electrons. The zero-order valence-electron chi connectivity index (χ0n) is 12.3. The summed E-state index contributed by atoms with van der Waals surface area (Å²) in [5, 5.41) is 9.30. The number of rotatable bonds is 4. The Morgan fingerprint density at radius 2 is 1.86 bits per heavy atom. The van der Waals surface area contributed by atoms with Gasteiger partial charge >= 0.3 is 12.1 Å². The van der Waals surface area contributed by atoms with Crippen LogP contribution in [0, 0.1) is 5.41 Å². The Hall–Kier alpha value is -1.72. The van der Waals surface area contributed by atoms with Gasteiger partial charge in [-0.1, -0.05) is 20.8 Å². The van der Waals surface area contributed by atoms with Crippen molar-refractivity contribution in [2.75, 3.05) is 5.73 Å². The molecule has 0 amide bonds. The van der Waals surface area contributed by atoms with E-state index in [2.05, 4.69) is 0 Å². The van der Waals surface area contributed by atoms with Gasteiger partial charge in [-0.3, -0.25) is 4.79 Å². The molecule has 0 aliphatic carbocycles. The van der Waals surface area contributed by atoms with Crippen LogP contribution in [0.2, 0.25) is 0 Å². The SMILES string of the molecule is CC(C)(C)CCC(C(=O)O)c1cc(C(F)(F)F)ccc1N. The van der Waals surface area contributed by atoms with Crippen LogP contribution in [0.4, 0.5) is 18.9 Å². The number of hydrogen-bond donors (Lipinski definition) is 2. The quantitative estimate of drug-likeness (QED) is 0.816. The van der Waals surface area contributed by atoms with E-state index in [9.17, 15) is 23.1 Å². The maximum absolute atomic E-state index is 12.8. The van der Waals surface area contributed by atoms with Crippen molar-refractivity contribution in [1.82, 2.24) is 0 Å². The van der Waals surface area contributed by atoms with Gasteiger partial charge in [-0.05, 0) is 42.0 Å². The fourth-order valence-corrected chi connectivity index (χ4v) is 2.04. The Kier molecular flexibility index (Phi) is 4.91. The van der Waals surface area contributed by atoms with Crippen LogP contribution in [0.3, 0.4) is 0 Å². The van der Waals surface area contributed by atoms with Crippen molar-refractivity contribution >= 4 is 11.7 Å². The fraction of sp³-hybridized carbons (Fsp3) is 0.533. The molecular weight excluding hydrogens is 283 g/mol. The van der Waals surface area contributed by atoms with Crippen LogP contribution in [0.25, 0.3) is 0 Å². The highest BCUT2D eigenvalue weighted by Gasteiger charge is 2.33. The van der Waals surface area contributed by atoms with E-state index in [1.54, 1.807) is 0 Å². The van der Waals surface area contributed by atoms with Gasteiger partial charge in [-0.25, -0.2) is 0 Å². The molecule has 0 saturated carbocycles. The third-order valence-electron chi connectivity index (χ3n) is 3.27. The standard InChI is InChI=1S/C15H20F3NO2/c1-14(2,3)7-6-10(13(20)21)11-8-9(15(16,17)18)4-5-12(11)19/h4-5,8,10H,6-7,19H2,1-3H3,(H,20,21). The summed E-state index contributed by atoms with van der Waals surface area (Å²) >= 11 is 0. The average molecular weight is 303 g/mol. The monoisotopic (exact) mass is 303 g/mol. The molecule has 0 aliphatic rings. The summed E-state index contributed by atoms with van der Waals surface area (Å²) in [7, 11) is 0. The van der Waals surface area contributed by atoms with Crippen LogP contribution in [0.5, 0.6) is 0 Å². The molecule has 1 aromatic carbocycles. The van der Waals surface area contributed by atoms with Gasteiger partial charge in [0.25, 0.3) is 0 Å². The molecule has 0 radical (unpaired) electrons. The highest BCUT2D eigenvalue weighted by Crippen LogP contribution is 2.36. The number of aliphatic carboxylic acids is 1. The predicted octanol–water partition coefficient (Wildman–Crippen LogP) is 4.28. The number of carbonyl (C=O) groups is 1. The Labute approximate surface area is 122 Å². The zero-order valence-corrected chi connectivity index (χ0v) is 12.3. The summed E-state index contributed by atoms with van der Waals surface area (Å²) in [6.07, 6.45) is -3.71. The van der Waals surface area contributed by atoms with Gasteiger partial charge in [0.15, 0.2) is 0 Å². The number of nitrogens with two attached hydrogens (primary N) is 1. The second-order valence-electron chi connectivity index (χ2n) is 6.33. The van der Waals surface area contributed by atoms with Crippen LogP contribution in [0.15, 0.2) is 18.2 Å². The van der Waals surface area contributed by atoms with Crippen LogP contribution < -0.4 is 5.73 Å². The molecule has 21 heavy (non-hydrogen) atoms. The maximum Gasteiger partial charge on any atom is 0.416 e. The molecule has 6 heteroatoms. The molecule has 0 aromatic heterocycles. The number of halogens is 3. The van der Waals surface area contributed by atoms with Crippen molar-refractivity contribution in [3.63, 3.8) is 0 Å². The van der Waals surface area contributed by atoms with Gasteiger partial charge in [0.1, 0.15) is 0 Å². The van der Waals surface area contributed by atoms with Gasteiger partial charge in [-0.2, -0.15) is 13.2 Å². The molecule has 0 spiro atoms. The minimum Gasteiger partial charge on any atom is -0.481 e. The van der Waals surface area contributed by atoms with Crippen molar-refractivity contribution in [3.05, 3.63) is 29.3 Å². The Balaban J connectivity index is 3.16. The molecule has 1 rings (SSSR count). The highest BCUT2D eigenvalue weighted by molar-refractivity contribution is 5.78. The minimum atomic E-state index is -4.52. The van der Waals surface area contributed by atoms with E-state index in [0.29, 0.717) is 6.42 Å². The van der Waals surface area contributed by atoms with Crippen molar-refractivity contribution < 1.29 is 23.1 Å². The molecule has 1 unspecified atom stereocenters. The smallest absolute Gasteiger partial charge is 0.416 e. The Bertz CT molecular complexity index is 519. The fourth-order valence-electron chi connectivity index (χ4n) is 2.04. The molecule has 0 aliphatic heterocycles. The number of anilines is 1. The lowest BCUT2D eigenvalue weighted by molar-refractivity contribution is -0.140. The average Bonchev–Trinajstić information content (AvgIpc) is 2.28. The lowest BCUT2D eigenvalue weighted by Crippen LogP contribution is -2.18. The minimum absolute atomic E-state index is 0.0292. The van der Waals surface area contributed by atoms with E-state index < -0.39 is 23.6 Å². The summed E-state index contributed by atoms with van der Waals surface area (Å²) < 4.78 is 38.3. The third-order valence-corrected chi connectivity index (χ3v) is 3.27.